The summed E-state index contributed by atoms with van der Waals surface area (Å²) in [6.07, 6.45) is 1.09. The highest BCUT2D eigenvalue weighted by atomic mass is 35.5. The van der Waals surface area contributed by atoms with E-state index in [0.717, 1.165) is 31.9 Å². The van der Waals surface area contributed by atoms with Gasteiger partial charge in [-0.3, -0.25) is 4.79 Å². The fourth-order valence-corrected chi connectivity index (χ4v) is 2.15. The molecule has 1 aromatic carbocycles. The lowest BCUT2D eigenvalue weighted by atomic mass is 10.1. The van der Waals surface area contributed by atoms with E-state index in [4.69, 9.17) is 16.3 Å². The van der Waals surface area contributed by atoms with E-state index < -0.39 is 0 Å². The number of halogens is 1. The van der Waals surface area contributed by atoms with E-state index >= 15 is 0 Å². The van der Waals surface area contributed by atoms with Gasteiger partial charge in [0.1, 0.15) is 0 Å². The van der Waals surface area contributed by atoms with Crippen molar-refractivity contribution in [3.63, 3.8) is 0 Å². The van der Waals surface area contributed by atoms with Crippen LogP contribution in [0.3, 0.4) is 0 Å². The predicted molar refractivity (Wildman–Crippen MR) is 72.3 cm³/mol. The number of benzene rings is 1. The zero-order valence-electron chi connectivity index (χ0n) is 10.3. The van der Waals surface area contributed by atoms with Gasteiger partial charge in [0.05, 0.1) is 17.2 Å². The third-order valence-electron chi connectivity index (χ3n) is 3.06. The first-order valence-electron chi connectivity index (χ1n) is 6.04. The first-order valence-corrected chi connectivity index (χ1v) is 6.41. The van der Waals surface area contributed by atoms with Crippen LogP contribution in [-0.2, 0) is 4.74 Å². The summed E-state index contributed by atoms with van der Waals surface area (Å²) in [5, 5.41) is 6.35. The number of nitrogens with one attached hydrogen (secondary N) is 2. The number of ether oxygens (including phenoxy) is 1. The van der Waals surface area contributed by atoms with Gasteiger partial charge in [-0.25, -0.2) is 0 Å². The predicted octanol–water partition coefficient (Wildman–Crippen LogP) is 2.15. The van der Waals surface area contributed by atoms with Crippen molar-refractivity contribution in [2.75, 3.05) is 32.1 Å². The second kappa shape index (κ2) is 6.07. The van der Waals surface area contributed by atoms with Crippen LogP contribution in [0.2, 0.25) is 5.02 Å². The molecule has 0 radical (unpaired) electrons. The quantitative estimate of drug-likeness (QED) is 0.880. The fraction of sp³-hybridized carbons (Fsp3) is 0.462. The van der Waals surface area contributed by atoms with Gasteiger partial charge in [0.2, 0.25) is 0 Å². The lowest BCUT2D eigenvalue weighted by Gasteiger charge is -2.12. The van der Waals surface area contributed by atoms with E-state index in [1.165, 1.54) is 0 Å². The Morgan fingerprint density at radius 1 is 1.56 bits per heavy atom. The summed E-state index contributed by atoms with van der Waals surface area (Å²) < 4.78 is 5.32. The lowest BCUT2D eigenvalue weighted by Crippen LogP contribution is -2.19. The maximum absolute atomic E-state index is 11.6. The molecule has 0 spiro atoms. The van der Waals surface area contributed by atoms with E-state index in [0.29, 0.717) is 16.5 Å². The van der Waals surface area contributed by atoms with Gasteiger partial charge in [-0.15, -0.1) is 0 Å². The molecule has 1 saturated heterocycles. The molecule has 5 heteroatoms. The van der Waals surface area contributed by atoms with Crippen LogP contribution >= 0.6 is 11.6 Å². The lowest BCUT2D eigenvalue weighted by molar-refractivity contribution is 0.0963. The monoisotopic (exact) mass is 268 g/mol. The number of hydrogen-bond acceptors (Lipinski definition) is 3. The molecule has 0 saturated carbocycles. The summed E-state index contributed by atoms with van der Waals surface area (Å²) >= 11 is 5.99. The molecule has 2 rings (SSSR count). The standard InChI is InChI=1S/C13H17ClN2O2/c1-15-13(17)11-6-10(2-3-12(11)14)16-7-9-4-5-18-8-9/h2-3,6,9,16H,4-5,7-8H2,1H3,(H,15,17). The zero-order chi connectivity index (χ0) is 13.0. The highest BCUT2D eigenvalue weighted by Crippen LogP contribution is 2.21. The highest BCUT2D eigenvalue weighted by molar-refractivity contribution is 6.34. The third-order valence-corrected chi connectivity index (χ3v) is 3.39. The molecular formula is C13H17ClN2O2. The van der Waals surface area contributed by atoms with Crippen molar-refractivity contribution >= 4 is 23.2 Å². The molecule has 1 atom stereocenters. The largest absolute Gasteiger partial charge is 0.385 e. The molecule has 0 aromatic heterocycles. The first-order chi connectivity index (χ1) is 8.70. The molecule has 1 fully saturated rings. The molecular weight excluding hydrogens is 252 g/mol. The Labute approximate surface area is 112 Å². The van der Waals surface area contributed by atoms with Crippen LogP contribution in [0.5, 0.6) is 0 Å². The van der Waals surface area contributed by atoms with Crippen LogP contribution in [0, 0.1) is 5.92 Å². The Morgan fingerprint density at radius 2 is 2.39 bits per heavy atom. The third kappa shape index (κ3) is 3.15. The summed E-state index contributed by atoms with van der Waals surface area (Å²) in [5.74, 6) is 0.372. The van der Waals surface area contributed by atoms with Gasteiger partial charge in [0.15, 0.2) is 0 Å². The summed E-state index contributed by atoms with van der Waals surface area (Å²) in [4.78, 5) is 11.6. The van der Waals surface area contributed by atoms with E-state index in [-0.39, 0.29) is 5.91 Å². The van der Waals surface area contributed by atoms with Crippen molar-refractivity contribution in [3.8, 4) is 0 Å². The van der Waals surface area contributed by atoms with Crippen LogP contribution in [0.15, 0.2) is 18.2 Å². The van der Waals surface area contributed by atoms with Crippen LogP contribution in [0.4, 0.5) is 5.69 Å². The van der Waals surface area contributed by atoms with Crippen LogP contribution in [-0.4, -0.2) is 32.7 Å². The van der Waals surface area contributed by atoms with Gasteiger partial charge in [0.25, 0.3) is 5.91 Å². The molecule has 0 bridgehead atoms. The van der Waals surface area contributed by atoms with Gasteiger partial charge in [-0.1, -0.05) is 11.6 Å². The van der Waals surface area contributed by atoms with Gasteiger partial charge in [-0.2, -0.15) is 0 Å². The molecule has 2 N–H and O–H groups in total. The summed E-state index contributed by atoms with van der Waals surface area (Å²) in [6, 6.07) is 5.39. The number of rotatable bonds is 4. The molecule has 4 nitrogen and oxygen atoms in total. The average Bonchev–Trinajstić information content (AvgIpc) is 2.90. The van der Waals surface area contributed by atoms with E-state index in [1.807, 2.05) is 6.07 Å². The summed E-state index contributed by atoms with van der Waals surface area (Å²) in [5.41, 5.74) is 1.40. The van der Waals surface area contributed by atoms with Gasteiger partial charge >= 0.3 is 0 Å². The van der Waals surface area contributed by atoms with Crippen molar-refractivity contribution in [2.24, 2.45) is 5.92 Å². The second-order valence-electron chi connectivity index (χ2n) is 4.38. The number of carbonyl (C=O) groups excluding carboxylic acids is 1. The van der Waals surface area contributed by atoms with Gasteiger partial charge in [0, 0.05) is 31.8 Å². The minimum atomic E-state index is -0.173. The van der Waals surface area contributed by atoms with E-state index in [1.54, 1.807) is 19.2 Å². The van der Waals surface area contributed by atoms with Crippen molar-refractivity contribution < 1.29 is 9.53 Å². The fourth-order valence-electron chi connectivity index (χ4n) is 1.95. The Morgan fingerprint density at radius 3 is 3.06 bits per heavy atom. The van der Waals surface area contributed by atoms with E-state index in [2.05, 4.69) is 10.6 Å². The maximum Gasteiger partial charge on any atom is 0.252 e. The van der Waals surface area contributed by atoms with E-state index in [9.17, 15) is 4.79 Å². The van der Waals surface area contributed by atoms with Crippen molar-refractivity contribution in [1.29, 1.82) is 0 Å². The molecule has 1 aromatic rings. The molecule has 1 unspecified atom stereocenters. The molecule has 1 aliphatic heterocycles. The molecule has 1 amide bonds. The highest BCUT2D eigenvalue weighted by Gasteiger charge is 2.15. The number of amides is 1. The van der Waals surface area contributed by atoms with Gasteiger partial charge < -0.3 is 15.4 Å². The summed E-state index contributed by atoms with van der Waals surface area (Å²) in [6.45, 7) is 2.51. The molecule has 18 heavy (non-hydrogen) atoms. The number of anilines is 1. The molecule has 98 valence electrons. The van der Waals surface area contributed by atoms with Crippen LogP contribution in [0.1, 0.15) is 16.8 Å². The Balaban J connectivity index is 2.02. The van der Waals surface area contributed by atoms with Crippen LogP contribution < -0.4 is 10.6 Å². The minimum absolute atomic E-state index is 0.173. The minimum Gasteiger partial charge on any atom is -0.385 e. The Bertz CT molecular complexity index is 431. The maximum atomic E-state index is 11.6. The summed E-state index contributed by atoms with van der Waals surface area (Å²) in [7, 11) is 1.59. The SMILES string of the molecule is CNC(=O)c1cc(NCC2CCOC2)ccc1Cl. The first kappa shape index (κ1) is 13.2. The molecule has 1 aliphatic rings. The Kier molecular flexibility index (Phi) is 4.44. The molecule has 1 heterocycles. The van der Waals surface area contributed by atoms with Gasteiger partial charge in [-0.05, 0) is 24.6 Å². The number of carbonyl (C=O) groups is 1. The molecule has 0 aliphatic carbocycles. The number of hydrogen-bond donors (Lipinski definition) is 2. The average molecular weight is 269 g/mol. The van der Waals surface area contributed by atoms with Crippen molar-refractivity contribution in [2.45, 2.75) is 6.42 Å². The normalized spacial score (nSPS) is 18.7. The van der Waals surface area contributed by atoms with Crippen molar-refractivity contribution in [1.82, 2.24) is 5.32 Å². The smallest absolute Gasteiger partial charge is 0.252 e. The second-order valence-corrected chi connectivity index (χ2v) is 4.79. The zero-order valence-corrected chi connectivity index (χ0v) is 11.1. The topological polar surface area (TPSA) is 50.4 Å². The van der Waals surface area contributed by atoms with Crippen molar-refractivity contribution in [3.05, 3.63) is 28.8 Å². The Hall–Kier alpha value is -1.26. The van der Waals surface area contributed by atoms with Crippen LogP contribution in [0.25, 0.3) is 0 Å².